The van der Waals surface area contributed by atoms with Crippen LogP contribution in [0.4, 0.5) is 0 Å². The Bertz CT molecular complexity index is 348. The molecule has 0 amide bonds. The highest BCUT2D eigenvalue weighted by Crippen LogP contribution is 2.15. The molecule has 1 aromatic rings. The Morgan fingerprint density at radius 1 is 1.35 bits per heavy atom. The van der Waals surface area contributed by atoms with Gasteiger partial charge in [-0.3, -0.25) is 4.79 Å². The summed E-state index contributed by atoms with van der Waals surface area (Å²) in [7, 11) is 0. The van der Waals surface area contributed by atoms with Crippen LogP contribution in [0.1, 0.15) is 24.0 Å². The summed E-state index contributed by atoms with van der Waals surface area (Å²) in [6.45, 7) is 2.05. The van der Waals surface area contributed by atoms with Gasteiger partial charge in [-0.25, -0.2) is 0 Å². The fourth-order valence-corrected chi connectivity index (χ4v) is 2.41. The predicted molar refractivity (Wildman–Crippen MR) is 70.2 cm³/mol. The third kappa shape index (κ3) is 6.34. The zero-order valence-electron chi connectivity index (χ0n) is 9.93. The molecule has 4 heteroatoms. The first-order chi connectivity index (χ1) is 8.08. The van der Waals surface area contributed by atoms with Gasteiger partial charge in [-0.2, -0.15) is 11.8 Å². The number of benzene rings is 1. The van der Waals surface area contributed by atoms with Crippen LogP contribution in [-0.2, 0) is 10.5 Å². The molecule has 0 aliphatic heterocycles. The largest absolute Gasteiger partial charge is 0.481 e. The Labute approximate surface area is 106 Å². The van der Waals surface area contributed by atoms with Crippen molar-refractivity contribution < 1.29 is 15.0 Å². The predicted octanol–water partition coefficient (Wildman–Crippen LogP) is 2.45. The first kappa shape index (κ1) is 14.1. The molecule has 1 aromatic carbocycles. The molecular formula is C13H18O3S. The lowest BCUT2D eigenvalue weighted by Crippen LogP contribution is -2.13. The van der Waals surface area contributed by atoms with Crippen molar-refractivity contribution in [2.24, 2.45) is 0 Å². The van der Waals surface area contributed by atoms with Gasteiger partial charge in [0.1, 0.15) is 0 Å². The number of aryl methyl sites for hydroxylation is 1. The Balaban J connectivity index is 2.15. The average molecular weight is 254 g/mol. The van der Waals surface area contributed by atoms with Crippen LogP contribution in [0.25, 0.3) is 0 Å². The fraction of sp³-hybridized carbons (Fsp3) is 0.462. The van der Waals surface area contributed by atoms with Gasteiger partial charge >= 0.3 is 5.97 Å². The molecule has 0 radical (unpaired) electrons. The molecule has 17 heavy (non-hydrogen) atoms. The summed E-state index contributed by atoms with van der Waals surface area (Å²) < 4.78 is 0. The van der Waals surface area contributed by atoms with E-state index in [0.29, 0.717) is 6.42 Å². The van der Waals surface area contributed by atoms with E-state index in [2.05, 4.69) is 31.2 Å². The number of carbonyl (C=O) groups is 1. The fourth-order valence-electron chi connectivity index (χ4n) is 1.40. The number of thioether (sulfide) groups is 1. The number of rotatable bonds is 7. The minimum Gasteiger partial charge on any atom is -0.481 e. The van der Waals surface area contributed by atoms with Crippen molar-refractivity contribution >= 4 is 17.7 Å². The Kier molecular flexibility index (Phi) is 6.08. The van der Waals surface area contributed by atoms with Gasteiger partial charge in [0.15, 0.2) is 0 Å². The van der Waals surface area contributed by atoms with Gasteiger partial charge < -0.3 is 10.2 Å². The van der Waals surface area contributed by atoms with Gasteiger partial charge in [0.2, 0.25) is 0 Å². The highest BCUT2D eigenvalue weighted by atomic mass is 32.2. The zero-order chi connectivity index (χ0) is 12.7. The van der Waals surface area contributed by atoms with Crippen LogP contribution in [0.5, 0.6) is 0 Å². The second-order valence-electron chi connectivity index (χ2n) is 4.08. The van der Waals surface area contributed by atoms with E-state index in [9.17, 15) is 9.90 Å². The second-order valence-corrected chi connectivity index (χ2v) is 5.18. The summed E-state index contributed by atoms with van der Waals surface area (Å²) in [5.74, 6) is 0.739. The summed E-state index contributed by atoms with van der Waals surface area (Å²) in [6, 6.07) is 8.34. The molecule has 0 fully saturated rings. The van der Waals surface area contributed by atoms with Gasteiger partial charge in [-0.1, -0.05) is 29.8 Å². The SMILES string of the molecule is Cc1ccc(CSCC[C@H](O)CC(=O)O)cc1. The van der Waals surface area contributed by atoms with Crippen LogP contribution in [-0.4, -0.2) is 28.0 Å². The zero-order valence-corrected chi connectivity index (χ0v) is 10.7. The van der Waals surface area contributed by atoms with Gasteiger partial charge in [0.25, 0.3) is 0 Å². The molecule has 0 unspecified atom stereocenters. The van der Waals surface area contributed by atoms with E-state index in [4.69, 9.17) is 5.11 Å². The maximum absolute atomic E-state index is 10.3. The van der Waals surface area contributed by atoms with Crippen molar-refractivity contribution in [2.75, 3.05) is 5.75 Å². The summed E-state index contributed by atoms with van der Waals surface area (Å²) in [5.41, 5.74) is 2.50. The van der Waals surface area contributed by atoms with Gasteiger partial charge in [0, 0.05) is 5.75 Å². The lowest BCUT2D eigenvalue weighted by atomic mass is 10.2. The molecule has 0 saturated carbocycles. The summed E-state index contributed by atoms with van der Waals surface area (Å²) in [5, 5.41) is 17.8. The highest BCUT2D eigenvalue weighted by molar-refractivity contribution is 7.98. The Hall–Kier alpha value is -1.00. The summed E-state index contributed by atoms with van der Waals surface area (Å²) >= 11 is 1.71. The molecule has 2 N–H and O–H groups in total. The number of carboxylic acid groups (broad SMARTS) is 1. The van der Waals surface area contributed by atoms with Crippen molar-refractivity contribution in [3.63, 3.8) is 0 Å². The van der Waals surface area contributed by atoms with Gasteiger partial charge in [-0.15, -0.1) is 0 Å². The van der Waals surface area contributed by atoms with Crippen molar-refractivity contribution in [3.8, 4) is 0 Å². The molecule has 3 nitrogen and oxygen atoms in total. The normalized spacial score (nSPS) is 12.4. The number of carboxylic acids is 1. The molecular weight excluding hydrogens is 236 g/mol. The molecule has 0 aliphatic carbocycles. The first-order valence-corrected chi connectivity index (χ1v) is 6.76. The van der Waals surface area contributed by atoms with Crippen molar-refractivity contribution in [1.29, 1.82) is 0 Å². The molecule has 0 aliphatic rings. The molecule has 0 bridgehead atoms. The van der Waals surface area contributed by atoms with E-state index in [-0.39, 0.29) is 6.42 Å². The minimum atomic E-state index is -0.943. The lowest BCUT2D eigenvalue weighted by molar-refractivity contribution is -0.139. The van der Waals surface area contributed by atoms with Crippen LogP contribution in [0.2, 0.25) is 0 Å². The van der Waals surface area contributed by atoms with Crippen LogP contribution in [0, 0.1) is 6.92 Å². The summed E-state index contributed by atoms with van der Waals surface area (Å²) in [6.07, 6.45) is -0.355. The molecule has 1 atom stereocenters. The topological polar surface area (TPSA) is 57.5 Å². The van der Waals surface area contributed by atoms with Crippen molar-refractivity contribution in [3.05, 3.63) is 35.4 Å². The number of hydrogen-bond donors (Lipinski definition) is 2. The Morgan fingerprint density at radius 3 is 2.59 bits per heavy atom. The van der Waals surface area contributed by atoms with Crippen LogP contribution < -0.4 is 0 Å². The third-order valence-corrected chi connectivity index (χ3v) is 3.46. The van der Waals surface area contributed by atoms with Gasteiger partial charge in [-0.05, 0) is 24.7 Å². The molecule has 0 aromatic heterocycles. The molecule has 0 saturated heterocycles. The summed E-state index contributed by atoms with van der Waals surface area (Å²) in [4.78, 5) is 10.3. The quantitative estimate of drug-likeness (QED) is 0.734. The average Bonchev–Trinajstić information content (AvgIpc) is 2.26. The van der Waals surface area contributed by atoms with Gasteiger partial charge in [0.05, 0.1) is 12.5 Å². The maximum Gasteiger partial charge on any atom is 0.305 e. The lowest BCUT2D eigenvalue weighted by Gasteiger charge is -2.07. The number of aliphatic hydroxyl groups is 1. The van der Waals surface area contributed by atoms with E-state index in [1.165, 1.54) is 11.1 Å². The second kappa shape index (κ2) is 7.35. The molecule has 94 valence electrons. The standard InChI is InChI=1S/C13H18O3S/c1-10-2-4-11(5-3-10)9-17-7-6-12(14)8-13(15)16/h2-5,12,14H,6-9H2,1H3,(H,15,16)/t12-/m0/s1. The van der Waals surface area contributed by atoms with Crippen molar-refractivity contribution in [1.82, 2.24) is 0 Å². The maximum atomic E-state index is 10.3. The van der Waals surface area contributed by atoms with E-state index < -0.39 is 12.1 Å². The van der Waals surface area contributed by atoms with Crippen molar-refractivity contribution in [2.45, 2.75) is 31.6 Å². The van der Waals surface area contributed by atoms with E-state index in [1.807, 2.05) is 0 Å². The number of hydrogen-bond acceptors (Lipinski definition) is 3. The molecule has 0 spiro atoms. The third-order valence-electron chi connectivity index (χ3n) is 2.39. The van der Waals surface area contributed by atoms with E-state index in [0.717, 1.165) is 11.5 Å². The highest BCUT2D eigenvalue weighted by Gasteiger charge is 2.08. The van der Waals surface area contributed by atoms with Crippen LogP contribution in [0.15, 0.2) is 24.3 Å². The number of aliphatic hydroxyl groups excluding tert-OH is 1. The monoisotopic (exact) mass is 254 g/mol. The smallest absolute Gasteiger partial charge is 0.305 e. The number of aliphatic carboxylic acids is 1. The minimum absolute atomic E-state index is 0.162. The van der Waals surface area contributed by atoms with E-state index >= 15 is 0 Å². The molecule has 1 rings (SSSR count). The Morgan fingerprint density at radius 2 is 2.00 bits per heavy atom. The van der Waals surface area contributed by atoms with E-state index in [1.54, 1.807) is 11.8 Å². The van der Waals surface area contributed by atoms with Crippen LogP contribution >= 0.6 is 11.8 Å². The van der Waals surface area contributed by atoms with Crippen LogP contribution in [0.3, 0.4) is 0 Å². The first-order valence-electron chi connectivity index (χ1n) is 5.61. The molecule has 0 heterocycles.